The molecule has 0 bridgehead atoms. The Bertz CT molecular complexity index is 490. The van der Waals surface area contributed by atoms with E-state index < -0.39 is 5.82 Å². The summed E-state index contributed by atoms with van der Waals surface area (Å²) >= 11 is 0. The first kappa shape index (κ1) is 15.7. The number of carbonyl (C=O) groups is 1. The lowest BCUT2D eigenvalue weighted by molar-refractivity contribution is -0.117. The molecule has 21 heavy (non-hydrogen) atoms. The van der Waals surface area contributed by atoms with Crippen LogP contribution in [0.2, 0.25) is 0 Å². The van der Waals surface area contributed by atoms with Crippen molar-refractivity contribution in [2.24, 2.45) is 5.92 Å². The van der Waals surface area contributed by atoms with Gasteiger partial charge in [0.05, 0.1) is 24.5 Å². The zero-order chi connectivity index (χ0) is 15.2. The van der Waals surface area contributed by atoms with E-state index in [0.29, 0.717) is 17.3 Å². The number of rotatable bonds is 5. The van der Waals surface area contributed by atoms with E-state index in [1.54, 1.807) is 0 Å². The van der Waals surface area contributed by atoms with E-state index in [2.05, 4.69) is 5.32 Å². The van der Waals surface area contributed by atoms with Gasteiger partial charge in [0.2, 0.25) is 5.91 Å². The Balaban J connectivity index is 1.81. The average molecular weight is 295 g/mol. The summed E-state index contributed by atoms with van der Waals surface area (Å²) in [5.74, 6) is -0.158. The number of amides is 1. The maximum absolute atomic E-state index is 13.1. The minimum absolute atomic E-state index is 0.202. The highest BCUT2D eigenvalue weighted by Gasteiger charge is 2.17. The maximum atomic E-state index is 13.1. The fourth-order valence-electron chi connectivity index (χ4n) is 2.53. The van der Waals surface area contributed by atoms with E-state index in [9.17, 15) is 9.18 Å². The lowest BCUT2D eigenvalue weighted by Crippen LogP contribution is -2.36. The number of anilines is 2. The second kappa shape index (κ2) is 7.38. The Labute approximate surface area is 124 Å². The maximum Gasteiger partial charge on any atom is 0.238 e. The van der Waals surface area contributed by atoms with Crippen LogP contribution in [0.25, 0.3) is 0 Å². The van der Waals surface area contributed by atoms with Crippen LogP contribution in [0.15, 0.2) is 18.2 Å². The zero-order valence-electron chi connectivity index (χ0n) is 12.3. The predicted molar refractivity (Wildman–Crippen MR) is 80.5 cm³/mol. The van der Waals surface area contributed by atoms with Crippen molar-refractivity contribution >= 4 is 17.3 Å². The minimum Gasteiger partial charge on any atom is -0.397 e. The average Bonchev–Trinajstić information content (AvgIpc) is 2.43. The van der Waals surface area contributed by atoms with Gasteiger partial charge in [-0.15, -0.1) is 0 Å². The first-order valence-corrected chi connectivity index (χ1v) is 7.16. The molecule has 1 saturated heterocycles. The molecule has 1 aliphatic heterocycles. The Hall–Kier alpha value is -1.66. The van der Waals surface area contributed by atoms with Gasteiger partial charge in [-0.05, 0) is 44.0 Å². The molecule has 1 unspecified atom stereocenters. The van der Waals surface area contributed by atoms with Crippen LogP contribution in [0.5, 0.6) is 0 Å². The number of benzene rings is 1. The molecule has 6 heteroatoms. The van der Waals surface area contributed by atoms with Crippen molar-refractivity contribution in [2.45, 2.75) is 12.8 Å². The summed E-state index contributed by atoms with van der Waals surface area (Å²) in [6.07, 6.45) is 2.20. The highest BCUT2D eigenvalue weighted by molar-refractivity contribution is 5.95. The molecule has 1 fully saturated rings. The predicted octanol–water partition coefficient (Wildman–Crippen LogP) is 1.70. The van der Waals surface area contributed by atoms with Gasteiger partial charge in [-0.2, -0.15) is 0 Å². The third-order valence-electron chi connectivity index (χ3n) is 3.53. The SMILES string of the molecule is CN(CC(=O)Nc1cc(F)ccc1N)CC1CCCOC1. The van der Waals surface area contributed by atoms with Crippen LogP contribution >= 0.6 is 0 Å². The Morgan fingerprint density at radius 1 is 1.57 bits per heavy atom. The molecule has 1 aromatic carbocycles. The number of ether oxygens (including phenoxy) is 1. The van der Waals surface area contributed by atoms with E-state index >= 15 is 0 Å². The minimum atomic E-state index is -0.424. The molecule has 0 aromatic heterocycles. The Kier molecular flexibility index (Phi) is 5.52. The van der Waals surface area contributed by atoms with Gasteiger partial charge in [-0.25, -0.2) is 4.39 Å². The molecule has 2 rings (SSSR count). The third kappa shape index (κ3) is 4.99. The molecule has 3 N–H and O–H groups in total. The molecular formula is C15H22FN3O2. The van der Waals surface area contributed by atoms with E-state index in [1.165, 1.54) is 18.2 Å². The summed E-state index contributed by atoms with van der Waals surface area (Å²) in [6, 6.07) is 3.93. The highest BCUT2D eigenvalue weighted by atomic mass is 19.1. The molecule has 116 valence electrons. The van der Waals surface area contributed by atoms with Crippen LogP contribution in [-0.2, 0) is 9.53 Å². The quantitative estimate of drug-likeness (QED) is 0.811. The lowest BCUT2D eigenvalue weighted by Gasteiger charge is -2.26. The fraction of sp³-hybridized carbons (Fsp3) is 0.533. The van der Waals surface area contributed by atoms with Crippen LogP contribution in [0.3, 0.4) is 0 Å². The van der Waals surface area contributed by atoms with Gasteiger partial charge in [-0.1, -0.05) is 0 Å². The number of nitrogen functional groups attached to an aromatic ring is 1. The summed E-state index contributed by atoms with van der Waals surface area (Å²) in [5, 5.41) is 2.64. The first-order chi connectivity index (χ1) is 10.0. The number of nitrogens with one attached hydrogen (secondary N) is 1. The van der Waals surface area contributed by atoms with Gasteiger partial charge in [0.1, 0.15) is 5.82 Å². The van der Waals surface area contributed by atoms with Crippen molar-refractivity contribution in [3.05, 3.63) is 24.0 Å². The molecule has 1 aromatic rings. The third-order valence-corrected chi connectivity index (χ3v) is 3.53. The van der Waals surface area contributed by atoms with E-state index in [-0.39, 0.29) is 12.5 Å². The molecule has 0 saturated carbocycles. The molecule has 1 heterocycles. The molecule has 0 spiro atoms. The number of likely N-dealkylation sites (N-methyl/N-ethyl adjacent to an activating group) is 1. The van der Waals surface area contributed by atoms with Gasteiger partial charge in [0.25, 0.3) is 0 Å². The highest BCUT2D eigenvalue weighted by Crippen LogP contribution is 2.19. The van der Waals surface area contributed by atoms with Crippen molar-refractivity contribution < 1.29 is 13.9 Å². The van der Waals surface area contributed by atoms with Crippen LogP contribution in [0.4, 0.5) is 15.8 Å². The van der Waals surface area contributed by atoms with Crippen molar-refractivity contribution in [1.29, 1.82) is 0 Å². The summed E-state index contributed by atoms with van der Waals surface area (Å²) in [4.78, 5) is 13.9. The topological polar surface area (TPSA) is 67.6 Å². The molecular weight excluding hydrogens is 273 g/mol. The smallest absolute Gasteiger partial charge is 0.238 e. The van der Waals surface area contributed by atoms with Gasteiger partial charge in [0.15, 0.2) is 0 Å². The fourth-order valence-corrected chi connectivity index (χ4v) is 2.53. The van der Waals surface area contributed by atoms with Gasteiger partial charge >= 0.3 is 0 Å². The van der Waals surface area contributed by atoms with Crippen LogP contribution in [0, 0.1) is 11.7 Å². The van der Waals surface area contributed by atoms with Crippen molar-refractivity contribution in [2.75, 3.05) is 44.4 Å². The molecule has 1 atom stereocenters. The summed E-state index contributed by atoms with van der Waals surface area (Å²) < 4.78 is 18.6. The van der Waals surface area contributed by atoms with Crippen molar-refractivity contribution in [1.82, 2.24) is 4.90 Å². The summed E-state index contributed by atoms with van der Waals surface area (Å²) in [6.45, 7) is 2.64. The summed E-state index contributed by atoms with van der Waals surface area (Å²) in [7, 11) is 1.89. The standard InChI is InChI=1S/C15H22FN3O2/c1-19(8-11-3-2-6-21-10-11)9-15(20)18-14-7-12(16)4-5-13(14)17/h4-5,7,11H,2-3,6,8-10,17H2,1H3,(H,18,20). The van der Waals surface area contributed by atoms with Crippen LogP contribution in [0.1, 0.15) is 12.8 Å². The first-order valence-electron chi connectivity index (χ1n) is 7.16. The van der Waals surface area contributed by atoms with Gasteiger partial charge in [0, 0.05) is 13.2 Å². The molecule has 1 aliphatic rings. The lowest BCUT2D eigenvalue weighted by atomic mass is 10.0. The second-order valence-corrected chi connectivity index (χ2v) is 5.56. The van der Waals surface area contributed by atoms with E-state index in [1.807, 2.05) is 11.9 Å². The number of carbonyl (C=O) groups excluding carboxylic acids is 1. The molecule has 0 radical (unpaired) electrons. The Morgan fingerprint density at radius 3 is 3.10 bits per heavy atom. The number of hydrogen-bond acceptors (Lipinski definition) is 4. The Morgan fingerprint density at radius 2 is 2.38 bits per heavy atom. The largest absolute Gasteiger partial charge is 0.397 e. The van der Waals surface area contributed by atoms with Crippen molar-refractivity contribution in [3.8, 4) is 0 Å². The molecule has 0 aliphatic carbocycles. The number of nitrogens with zero attached hydrogens (tertiary/aromatic N) is 1. The van der Waals surface area contributed by atoms with E-state index in [0.717, 1.165) is 32.6 Å². The summed E-state index contributed by atoms with van der Waals surface area (Å²) in [5.41, 5.74) is 6.38. The number of halogens is 1. The normalized spacial score (nSPS) is 18.7. The van der Waals surface area contributed by atoms with Gasteiger partial charge in [-0.3, -0.25) is 9.69 Å². The van der Waals surface area contributed by atoms with Crippen LogP contribution < -0.4 is 11.1 Å². The molecule has 5 nitrogen and oxygen atoms in total. The van der Waals surface area contributed by atoms with Crippen molar-refractivity contribution in [3.63, 3.8) is 0 Å². The number of nitrogens with two attached hydrogens (primary N) is 1. The molecule has 1 amide bonds. The van der Waals surface area contributed by atoms with Crippen LogP contribution in [-0.4, -0.2) is 44.2 Å². The monoisotopic (exact) mass is 295 g/mol. The van der Waals surface area contributed by atoms with E-state index in [4.69, 9.17) is 10.5 Å². The van der Waals surface area contributed by atoms with Gasteiger partial charge < -0.3 is 15.8 Å². The second-order valence-electron chi connectivity index (χ2n) is 5.56. The zero-order valence-corrected chi connectivity index (χ0v) is 12.3. The number of hydrogen-bond donors (Lipinski definition) is 2.